The zero-order valence-corrected chi connectivity index (χ0v) is 24.3. The third-order valence-corrected chi connectivity index (χ3v) is 8.85. The molecule has 0 spiro atoms. The van der Waals surface area contributed by atoms with Crippen LogP contribution in [0.15, 0.2) is 115 Å². The standard InChI is InChI=1S/C39H40/c1-37(2,3)31-21-22-32-27(25-31)26-34-33(32)23-24-35(38(4,5)6)36(34)39(30-19-13-14-20-30,28-15-9-7-10-16-28)29-17-11-8-12-18-29/h7-25,30H,26H2,1-6H3. The van der Waals surface area contributed by atoms with Crippen LogP contribution in [-0.2, 0) is 22.7 Å². The highest BCUT2D eigenvalue weighted by Crippen LogP contribution is 2.55. The number of hydrogen-bond donors (Lipinski definition) is 0. The molecule has 2 aliphatic carbocycles. The zero-order valence-electron chi connectivity index (χ0n) is 24.3. The molecule has 4 aromatic carbocycles. The Morgan fingerprint density at radius 3 is 1.67 bits per heavy atom. The highest BCUT2D eigenvalue weighted by atomic mass is 14.5. The van der Waals surface area contributed by atoms with E-state index in [9.17, 15) is 0 Å². The first-order chi connectivity index (χ1) is 18.6. The maximum absolute atomic E-state index is 2.47. The maximum Gasteiger partial charge on any atom is 0.0554 e. The average molecular weight is 509 g/mol. The van der Waals surface area contributed by atoms with E-state index in [1.165, 1.54) is 50.1 Å². The molecule has 0 radical (unpaired) electrons. The predicted molar refractivity (Wildman–Crippen MR) is 167 cm³/mol. The molecule has 6 rings (SSSR count). The van der Waals surface area contributed by atoms with Crippen LogP contribution in [-0.4, -0.2) is 0 Å². The molecule has 4 aromatic rings. The van der Waals surface area contributed by atoms with Crippen LogP contribution in [0.25, 0.3) is 11.1 Å². The Kier molecular flexibility index (Phi) is 6.07. The molecule has 196 valence electrons. The van der Waals surface area contributed by atoms with Crippen LogP contribution >= 0.6 is 0 Å². The molecule has 0 nitrogen and oxygen atoms in total. The Morgan fingerprint density at radius 2 is 1.13 bits per heavy atom. The minimum absolute atomic E-state index is 0.0173. The van der Waals surface area contributed by atoms with E-state index in [0.29, 0.717) is 0 Å². The van der Waals surface area contributed by atoms with Crippen LogP contribution in [0.1, 0.15) is 80.5 Å². The fourth-order valence-electron chi connectivity index (χ4n) is 6.95. The number of hydrogen-bond acceptors (Lipinski definition) is 0. The summed E-state index contributed by atoms with van der Waals surface area (Å²) in [7, 11) is 0. The summed E-state index contributed by atoms with van der Waals surface area (Å²) in [6.07, 6.45) is 10.2. The summed E-state index contributed by atoms with van der Waals surface area (Å²) in [6, 6.07) is 34.5. The van der Waals surface area contributed by atoms with E-state index in [4.69, 9.17) is 0 Å². The molecule has 2 aliphatic rings. The smallest absolute Gasteiger partial charge is 0.0554 e. The van der Waals surface area contributed by atoms with Crippen molar-refractivity contribution in [3.8, 4) is 11.1 Å². The van der Waals surface area contributed by atoms with Gasteiger partial charge in [0.1, 0.15) is 0 Å². The van der Waals surface area contributed by atoms with E-state index in [2.05, 4.69) is 157 Å². The number of rotatable bonds is 4. The number of fused-ring (bicyclic) bond motifs is 3. The van der Waals surface area contributed by atoms with Crippen LogP contribution < -0.4 is 0 Å². The van der Waals surface area contributed by atoms with Gasteiger partial charge in [-0.05, 0) is 67.3 Å². The molecule has 0 unspecified atom stereocenters. The van der Waals surface area contributed by atoms with E-state index in [1.54, 1.807) is 0 Å². The second-order valence-electron chi connectivity index (χ2n) is 13.4. The molecule has 0 heterocycles. The summed E-state index contributed by atoms with van der Waals surface area (Å²) in [6.45, 7) is 14.1. The Balaban J connectivity index is 1.74. The molecular formula is C39H40. The molecule has 0 heteroatoms. The zero-order chi connectivity index (χ0) is 27.4. The molecule has 0 N–H and O–H groups in total. The van der Waals surface area contributed by atoms with Crippen molar-refractivity contribution in [2.45, 2.75) is 64.2 Å². The van der Waals surface area contributed by atoms with E-state index < -0.39 is 0 Å². The van der Waals surface area contributed by atoms with Gasteiger partial charge in [0.2, 0.25) is 0 Å². The van der Waals surface area contributed by atoms with Crippen molar-refractivity contribution in [3.05, 3.63) is 154 Å². The predicted octanol–water partition coefficient (Wildman–Crippen LogP) is 9.93. The monoisotopic (exact) mass is 508 g/mol. The fourth-order valence-corrected chi connectivity index (χ4v) is 6.95. The SMILES string of the molecule is CC(C)(C)c1ccc2c(c1)Cc1c-2ccc(C(C)(C)C)c1C(c1ccccc1)(c1ccccc1)C1C=CC=C1. The molecule has 0 fully saturated rings. The average Bonchev–Trinajstić information content (AvgIpc) is 3.58. The fraction of sp³-hybridized carbons (Fsp3) is 0.282. The Morgan fingerprint density at radius 1 is 0.564 bits per heavy atom. The summed E-state index contributed by atoms with van der Waals surface area (Å²) >= 11 is 0. The summed E-state index contributed by atoms with van der Waals surface area (Å²) in [5.41, 5.74) is 12.5. The highest BCUT2D eigenvalue weighted by Gasteiger charge is 2.47. The largest absolute Gasteiger partial charge is 0.0761 e. The van der Waals surface area contributed by atoms with Crippen LogP contribution in [0.2, 0.25) is 0 Å². The van der Waals surface area contributed by atoms with Gasteiger partial charge in [-0.3, -0.25) is 0 Å². The molecule has 0 aromatic heterocycles. The van der Waals surface area contributed by atoms with Crippen LogP contribution in [0.4, 0.5) is 0 Å². The van der Waals surface area contributed by atoms with Crippen LogP contribution in [0, 0.1) is 5.92 Å². The van der Waals surface area contributed by atoms with Gasteiger partial charge < -0.3 is 0 Å². The molecule has 0 aliphatic heterocycles. The third-order valence-electron chi connectivity index (χ3n) is 8.85. The molecule has 0 amide bonds. The third kappa shape index (κ3) is 4.13. The van der Waals surface area contributed by atoms with Gasteiger partial charge in [0.25, 0.3) is 0 Å². The lowest BCUT2D eigenvalue weighted by molar-refractivity contribution is 0.495. The van der Waals surface area contributed by atoms with Gasteiger partial charge in [-0.1, -0.05) is 157 Å². The second kappa shape index (κ2) is 9.23. The molecular weight excluding hydrogens is 468 g/mol. The number of allylic oxidation sites excluding steroid dienone is 4. The van der Waals surface area contributed by atoms with Crippen molar-refractivity contribution in [3.63, 3.8) is 0 Å². The maximum atomic E-state index is 2.47. The Hall–Kier alpha value is -3.64. The molecule has 0 saturated carbocycles. The first-order valence-corrected chi connectivity index (χ1v) is 14.4. The van der Waals surface area contributed by atoms with E-state index in [0.717, 1.165) is 6.42 Å². The summed E-state index contributed by atoms with van der Waals surface area (Å²) in [5, 5.41) is 0. The van der Waals surface area contributed by atoms with Crippen molar-refractivity contribution in [1.82, 2.24) is 0 Å². The van der Waals surface area contributed by atoms with Crippen molar-refractivity contribution < 1.29 is 0 Å². The summed E-state index contributed by atoms with van der Waals surface area (Å²) in [5.74, 6) is 0.212. The van der Waals surface area contributed by atoms with Crippen molar-refractivity contribution in [2.24, 2.45) is 5.92 Å². The topological polar surface area (TPSA) is 0 Å². The molecule has 0 saturated heterocycles. The van der Waals surface area contributed by atoms with Gasteiger partial charge in [-0.2, -0.15) is 0 Å². The van der Waals surface area contributed by atoms with Crippen LogP contribution in [0.5, 0.6) is 0 Å². The Labute approximate surface area is 235 Å². The van der Waals surface area contributed by atoms with Gasteiger partial charge in [-0.15, -0.1) is 0 Å². The minimum Gasteiger partial charge on any atom is -0.0761 e. The lowest BCUT2D eigenvalue weighted by Gasteiger charge is -2.44. The van der Waals surface area contributed by atoms with E-state index in [-0.39, 0.29) is 22.2 Å². The minimum atomic E-state index is -0.352. The van der Waals surface area contributed by atoms with Gasteiger partial charge >= 0.3 is 0 Å². The van der Waals surface area contributed by atoms with Gasteiger partial charge in [0, 0.05) is 5.92 Å². The van der Waals surface area contributed by atoms with Crippen molar-refractivity contribution >= 4 is 0 Å². The second-order valence-corrected chi connectivity index (χ2v) is 13.4. The summed E-state index contributed by atoms with van der Waals surface area (Å²) in [4.78, 5) is 0. The summed E-state index contributed by atoms with van der Waals surface area (Å²) < 4.78 is 0. The lowest BCUT2D eigenvalue weighted by Crippen LogP contribution is -2.39. The first kappa shape index (κ1) is 25.6. The van der Waals surface area contributed by atoms with Crippen molar-refractivity contribution in [2.75, 3.05) is 0 Å². The lowest BCUT2D eigenvalue weighted by atomic mass is 9.58. The van der Waals surface area contributed by atoms with Gasteiger partial charge in [0.15, 0.2) is 0 Å². The first-order valence-electron chi connectivity index (χ1n) is 14.4. The molecule has 0 bridgehead atoms. The van der Waals surface area contributed by atoms with Crippen molar-refractivity contribution in [1.29, 1.82) is 0 Å². The van der Waals surface area contributed by atoms with Crippen LogP contribution in [0.3, 0.4) is 0 Å². The highest BCUT2D eigenvalue weighted by molar-refractivity contribution is 5.81. The normalized spacial score (nSPS) is 15.0. The number of benzene rings is 4. The molecule has 0 atom stereocenters. The van der Waals surface area contributed by atoms with Gasteiger partial charge in [-0.25, -0.2) is 0 Å². The van der Waals surface area contributed by atoms with E-state index in [1.807, 2.05) is 0 Å². The van der Waals surface area contributed by atoms with Gasteiger partial charge in [0.05, 0.1) is 5.41 Å². The molecule has 39 heavy (non-hydrogen) atoms. The van der Waals surface area contributed by atoms with E-state index >= 15 is 0 Å². The Bertz CT molecular complexity index is 1520. The quantitative estimate of drug-likeness (QED) is 0.212.